The second-order valence-electron chi connectivity index (χ2n) is 5.27. The SMILES string of the molecule is CC(C)Oc1ccc2oc3cc(C(=O)O)ccc3c(=O)c2c1.[H-].[Na+]. The molecule has 0 bridgehead atoms. The van der Waals surface area contributed by atoms with Crippen LogP contribution in [0.25, 0.3) is 21.9 Å². The molecule has 23 heavy (non-hydrogen) atoms. The van der Waals surface area contributed by atoms with Crippen LogP contribution in [0.15, 0.2) is 45.6 Å². The summed E-state index contributed by atoms with van der Waals surface area (Å²) in [5.41, 5.74) is 0.531. The molecule has 1 N–H and O–H groups in total. The Morgan fingerprint density at radius 2 is 1.87 bits per heavy atom. The van der Waals surface area contributed by atoms with E-state index in [0.29, 0.717) is 22.1 Å². The van der Waals surface area contributed by atoms with Gasteiger partial charge in [-0.3, -0.25) is 4.79 Å². The van der Waals surface area contributed by atoms with Gasteiger partial charge in [0.25, 0.3) is 0 Å². The molecule has 1 aromatic heterocycles. The quantitative estimate of drug-likeness (QED) is 0.563. The molecule has 114 valence electrons. The summed E-state index contributed by atoms with van der Waals surface area (Å²) in [4.78, 5) is 23.5. The average Bonchev–Trinajstić information content (AvgIpc) is 2.47. The van der Waals surface area contributed by atoms with E-state index in [-0.39, 0.29) is 53.7 Å². The smallest absolute Gasteiger partial charge is 1.00 e. The number of hydrogen-bond donors (Lipinski definition) is 1. The van der Waals surface area contributed by atoms with Crippen molar-refractivity contribution in [2.45, 2.75) is 20.0 Å². The maximum atomic E-state index is 12.5. The summed E-state index contributed by atoms with van der Waals surface area (Å²) in [5, 5.41) is 9.77. The zero-order valence-corrected chi connectivity index (χ0v) is 15.1. The Balaban J connectivity index is 0.00000144. The Morgan fingerprint density at radius 1 is 1.13 bits per heavy atom. The van der Waals surface area contributed by atoms with Crippen LogP contribution < -0.4 is 39.7 Å². The maximum absolute atomic E-state index is 12.5. The van der Waals surface area contributed by atoms with Gasteiger partial charge in [-0.05, 0) is 50.2 Å². The maximum Gasteiger partial charge on any atom is 1.00 e. The molecule has 0 radical (unpaired) electrons. The number of carboxylic acids is 1. The van der Waals surface area contributed by atoms with Gasteiger partial charge in [-0.2, -0.15) is 0 Å². The van der Waals surface area contributed by atoms with Crippen LogP contribution in [0, 0.1) is 0 Å². The minimum absolute atomic E-state index is 0. The van der Waals surface area contributed by atoms with Crippen LogP contribution in [0.3, 0.4) is 0 Å². The molecule has 0 unspecified atom stereocenters. The molecule has 2 aromatic carbocycles. The van der Waals surface area contributed by atoms with Crippen molar-refractivity contribution in [1.82, 2.24) is 0 Å². The summed E-state index contributed by atoms with van der Waals surface area (Å²) in [6, 6.07) is 9.24. The normalized spacial score (nSPS) is 10.7. The van der Waals surface area contributed by atoms with Gasteiger partial charge in [-0.1, -0.05) is 0 Å². The van der Waals surface area contributed by atoms with Crippen molar-refractivity contribution in [3.05, 3.63) is 52.2 Å². The third kappa shape index (κ3) is 3.42. The summed E-state index contributed by atoms with van der Waals surface area (Å²) in [7, 11) is 0. The van der Waals surface area contributed by atoms with Crippen molar-refractivity contribution in [1.29, 1.82) is 0 Å². The fourth-order valence-electron chi connectivity index (χ4n) is 2.31. The molecule has 0 aliphatic heterocycles. The zero-order chi connectivity index (χ0) is 15.9. The summed E-state index contributed by atoms with van der Waals surface area (Å²) in [6.45, 7) is 3.81. The van der Waals surface area contributed by atoms with E-state index in [9.17, 15) is 9.59 Å². The van der Waals surface area contributed by atoms with Crippen LogP contribution >= 0.6 is 0 Å². The third-order valence-corrected chi connectivity index (χ3v) is 3.26. The summed E-state index contributed by atoms with van der Waals surface area (Å²) in [6.07, 6.45) is 0.00284. The predicted octanol–water partition coefficient (Wildman–Crippen LogP) is 0.548. The van der Waals surface area contributed by atoms with Gasteiger partial charge in [-0.25, -0.2) is 4.79 Å². The van der Waals surface area contributed by atoms with Crippen LogP contribution in [-0.4, -0.2) is 17.2 Å². The van der Waals surface area contributed by atoms with E-state index >= 15 is 0 Å². The molecular formula is C17H15NaO5. The number of benzene rings is 2. The molecule has 0 aliphatic carbocycles. The first-order valence-electron chi connectivity index (χ1n) is 6.86. The molecule has 0 spiro atoms. The molecule has 3 rings (SSSR count). The van der Waals surface area contributed by atoms with Crippen molar-refractivity contribution in [2.75, 3.05) is 0 Å². The Hall–Kier alpha value is -1.82. The largest absolute Gasteiger partial charge is 1.00 e. The van der Waals surface area contributed by atoms with E-state index in [1.807, 2.05) is 13.8 Å². The molecule has 1 heterocycles. The number of rotatable bonds is 3. The van der Waals surface area contributed by atoms with Gasteiger partial charge in [0, 0.05) is 0 Å². The predicted molar refractivity (Wildman–Crippen MR) is 83.8 cm³/mol. The molecule has 3 aromatic rings. The first-order chi connectivity index (χ1) is 10.5. The topological polar surface area (TPSA) is 76.7 Å². The summed E-state index contributed by atoms with van der Waals surface area (Å²) in [5.74, 6) is -0.471. The molecule has 0 fully saturated rings. The van der Waals surface area contributed by atoms with Gasteiger partial charge in [-0.15, -0.1) is 0 Å². The van der Waals surface area contributed by atoms with E-state index in [4.69, 9.17) is 14.3 Å². The minimum Gasteiger partial charge on any atom is -1.00 e. The first kappa shape index (κ1) is 17.5. The van der Waals surface area contributed by atoms with Crippen molar-refractivity contribution < 1.29 is 50.0 Å². The number of ether oxygens (including phenoxy) is 1. The standard InChI is InChI=1S/C17H14O5.Na.H/c1-9(2)21-11-4-6-14-13(8-11)16(18)12-5-3-10(17(19)20)7-15(12)22-14;;/h3-9H,1-2H3,(H,19,20);;/q;+1;-1. The Kier molecular flexibility index (Phi) is 5.14. The van der Waals surface area contributed by atoms with Crippen molar-refractivity contribution in [3.63, 3.8) is 0 Å². The Morgan fingerprint density at radius 3 is 2.52 bits per heavy atom. The molecular weight excluding hydrogens is 307 g/mol. The van der Waals surface area contributed by atoms with Gasteiger partial charge in [0.1, 0.15) is 16.9 Å². The summed E-state index contributed by atoms with van der Waals surface area (Å²) < 4.78 is 11.2. The van der Waals surface area contributed by atoms with Crippen LogP contribution in [0.4, 0.5) is 0 Å². The van der Waals surface area contributed by atoms with Crippen molar-refractivity contribution in [2.24, 2.45) is 0 Å². The number of hydrogen-bond acceptors (Lipinski definition) is 4. The van der Waals surface area contributed by atoms with Crippen molar-refractivity contribution in [3.8, 4) is 5.75 Å². The zero-order valence-electron chi connectivity index (χ0n) is 14.1. The molecule has 6 heteroatoms. The van der Waals surface area contributed by atoms with Gasteiger partial charge in [0.05, 0.1) is 22.4 Å². The molecule has 0 atom stereocenters. The van der Waals surface area contributed by atoms with Crippen LogP contribution in [0.2, 0.25) is 0 Å². The van der Waals surface area contributed by atoms with Gasteiger partial charge < -0.3 is 15.7 Å². The second kappa shape index (κ2) is 6.74. The van der Waals surface area contributed by atoms with E-state index < -0.39 is 5.97 Å². The molecule has 0 aliphatic rings. The van der Waals surface area contributed by atoms with Gasteiger partial charge in [0.15, 0.2) is 0 Å². The van der Waals surface area contributed by atoms with E-state index in [1.54, 1.807) is 18.2 Å². The minimum atomic E-state index is -1.06. The fraction of sp³-hybridized carbons (Fsp3) is 0.176. The number of aromatic carboxylic acids is 1. The van der Waals surface area contributed by atoms with Crippen LogP contribution in [0.5, 0.6) is 5.75 Å². The monoisotopic (exact) mass is 322 g/mol. The van der Waals surface area contributed by atoms with Crippen LogP contribution in [-0.2, 0) is 0 Å². The fourth-order valence-corrected chi connectivity index (χ4v) is 2.31. The molecule has 0 saturated heterocycles. The number of carbonyl (C=O) groups is 1. The molecule has 5 nitrogen and oxygen atoms in total. The Labute approximate surface area is 155 Å². The number of carboxylic acid groups (broad SMARTS) is 1. The van der Waals surface area contributed by atoms with Crippen LogP contribution in [0.1, 0.15) is 25.6 Å². The molecule has 0 saturated carbocycles. The summed E-state index contributed by atoms with van der Waals surface area (Å²) >= 11 is 0. The molecule has 0 amide bonds. The Bertz CT molecular complexity index is 949. The van der Waals surface area contributed by atoms with Crippen molar-refractivity contribution >= 4 is 27.9 Å². The van der Waals surface area contributed by atoms with E-state index in [0.717, 1.165) is 0 Å². The first-order valence-corrected chi connectivity index (χ1v) is 6.86. The third-order valence-electron chi connectivity index (χ3n) is 3.26. The second-order valence-corrected chi connectivity index (χ2v) is 5.27. The van der Waals surface area contributed by atoms with E-state index in [2.05, 4.69) is 0 Å². The number of fused-ring (bicyclic) bond motifs is 2. The average molecular weight is 322 g/mol. The van der Waals surface area contributed by atoms with E-state index in [1.165, 1.54) is 18.2 Å². The van der Waals surface area contributed by atoms with Gasteiger partial charge in [0.2, 0.25) is 5.43 Å². The van der Waals surface area contributed by atoms with Gasteiger partial charge >= 0.3 is 35.5 Å².